The maximum absolute atomic E-state index is 6.91. The molecule has 0 spiro atoms. The molecule has 2 nitrogen and oxygen atoms in total. The van der Waals surface area contributed by atoms with Gasteiger partial charge in [0, 0.05) is 39.7 Å². The highest BCUT2D eigenvalue weighted by Crippen LogP contribution is 2.45. The highest BCUT2D eigenvalue weighted by molar-refractivity contribution is 5.99. The third-order valence-corrected chi connectivity index (χ3v) is 12.0. The van der Waals surface area contributed by atoms with Crippen LogP contribution in [0.25, 0.3) is 33.3 Å². The van der Waals surface area contributed by atoms with Gasteiger partial charge in [0.1, 0.15) is 11.3 Å². The van der Waals surface area contributed by atoms with Crippen molar-refractivity contribution in [2.45, 2.75) is 50.6 Å². The van der Waals surface area contributed by atoms with Crippen LogP contribution in [0, 0.1) is 11.8 Å². The minimum absolute atomic E-state index is 0.191. The lowest BCUT2D eigenvalue weighted by Crippen LogP contribution is -2.45. The molecule has 0 radical (unpaired) electrons. The van der Waals surface area contributed by atoms with Gasteiger partial charge in [0.05, 0.1) is 6.04 Å². The molecule has 0 bridgehead atoms. The standard InChI is InChI=1S/C52H45NO/c1-5-15-36(16-6-1)42-32-43(37-17-7-2-8-18-37)35-46(34-42)53(44-21-11-4-12-22-44)45-30-29-38-27-28-40(31-41(38)33-45)48-24-14-26-50-49-25-13-23-47(51(49)54-52(48)50)39-19-9-3-10-20-39/h1-2,4-9,11-12,14-24,26-32,34,38,41,45-46H,3,10,13,25,33,35H2. The lowest BCUT2D eigenvalue weighted by molar-refractivity contribution is 0.433. The van der Waals surface area contributed by atoms with Crippen LogP contribution in [0.1, 0.15) is 60.1 Å². The van der Waals surface area contributed by atoms with E-state index in [-0.39, 0.29) is 12.1 Å². The highest BCUT2D eigenvalue weighted by Gasteiger charge is 2.34. The molecule has 5 aromatic rings. The molecular weight excluding hydrogens is 655 g/mol. The summed E-state index contributed by atoms with van der Waals surface area (Å²) in [5.74, 6) is 1.83. The van der Waals surface area contributed by atoms with Crippen molar-refractivity contribution in [2.75, 3.05) is 4.90 Å². The van der Waals surface area contributed by atoms with E-state index in [2.05, 4.69) is 181 Å². The maximum atomic E-state index is 6.91. The van der Waals surface area contributed by atoms with Crippen LogP contribution in [-0.2, 0) is 6.42 Å². The first-order chi connectivity index (χ1) is 26.8. The van der Waals surface area contributed by atoms with Gasteiger partial charge in [-0.25, -0.2) is 0 Å². The number of hydrogen-bond acceptors (Lipinski definition) is 2. The molecule has 2 heteroatoms. The van der Waals surface area contributed by atoms with Crippen molar-refractivity contribution in [3.05, 3.63) is 210 Å². The summed E-state index contributed by atoms with van der Waals surface area (Å²) in [4.78, 5) is 2.70. The van der Waals surface area contributed by atoms with Gasteiger partial charge < -0.3 is 9.32 Å². The molecular formula is C52H45NO. The number of benzene rings is 4. The molecule has 4 atom stereocenters. The van der Waals surface area contributed by atoms with Crippen LogP contribution in [0.4, 0.5) is 5.69 Å². The molecule has 4 unspecified atom stereocenters. The summed E-state index contributed by atoms with van der Waals surface area (Å²) in [6.07, 6.45) is 32.8. The predicted octanol–water partition coefficient (Wildman–Crippen LogP) is 13.0. The first-order valence-electron chi connectivity index (χ1n) is 19.8. The number of furan rings is 1. The van der Waals surface area contributed by atoms with E-state index in [4.69, 9.17) is 4.42 Å². The summed E-state index contributed by atoms with van der Waals surface area (Å²) in [7, 11) is 0. The quantitative estimate of drug-likeness (QED) is 0.157. The number of allylic oxidation sites excluding steroid dienone is 13. The molecule has 1 heterocycles. The predicted molar refractivity (Wildman–Crippen MR) is 227 cm³/mol. The topological polar surface area (TPSA) is 16.4 Å². The van der Waals surface area contributed by atoms with Gasteiger partial charge >= 0.3 is 0 Å². The molecule has 10 rings (SSSR count). The molecule has 54 heavy (non-hydrogen) atoms. The van der Waals surface area contributed by atoms with Gasteiger partial charge in [0.25, 0.3) is 0 Å². The number of fused-ring (bicyclic) bond motifs is 4. The summed E-state index contributed by atoms with van der Waals surface area (Å²) < 4.78 is 6.91. The Kier molecular flexibility index (Phi) is 8.60. The summed E-state index contributed by atoms with van der Waals surface area (Å²) in [6, 6.07) is 40.1. The summed E-state index contributed by atoms with van der Waals surface area (Å²) in [6.45, 7) is 0. The largest absolute Gasteiger partial charge is 0.455 e. The van der Waals surface area contributed by atoms with E-state index in [0.29, 0.717) is 11.8 Å². The molecule has 0 saturated heterocycles. The first kappa shape index (κ1) is 32.8. The van der Waals surface area contributed by atoms with Crippen LogP contribution >= 0.6 is 0 Å². The molecule has 264 valence electrons. The SMILES string of the molecule is C1=CC(C2=CCCc3c2oc2c(C4=CC5CC(N(c6ccccc6)C6C=C(c7ccccc7)C=C(c7ccccc7)C6)C=CC5C=C4)cccc32)=CCC1. The fourth-order valence-electron chi connectivity index (χ4n) is 9.42. The Hall–Kier alpha value is -5.86. The molecule has 0 fully saturated rings. The van der Waals surface area contributed by atoms with Crippen molar-refractivity contribution in [1.82, 2.24) is 0 Å². The van der Waals surface area contributed by atoms with Crippen LogP contribution < -0.4 is 4.90 Å². The zero-order valence-corrected chi connectivity index (χ0v) is 30.7. The van der Waals surface area contributed by atoms with Gasteiger partial charge in [0.15, 0.2) is 0 Å². The Morgan fingerprint density at radius 1 is 0.611 bits per heavy atom. The van der Waals surface area contributed by atoms with Crippen LogP contribution in [0.3, 0.4) is 0 Å². The van der Waals surface area contributed by atoms with Gasteiger partial charge in [-0.3, -0.25) is 0 Å². The molecule has 5 aliphatic rings. The number of rotatable bonds is 7. The van der Waals surface area contributed by atoms with E-state index >= 15 is 0 Å². The van der Waals surface area contributed by atoms with E-state index in [0.717, 1.165) is 49.9 Å². The molecule has 0 saturated carbocycles. The van der Waals surface area contributed by atoms with Gasteiger partial charge in [-0.2, -0.15) is 0 Å². The van der Waals surface area contributed by atoms with Gasteiger partial charge in [0.2, 0.25) is 0 Å². The third-order valence-electron chi connectivity index (χ3n) is 12.0. The van der Waals surface area contributed by atoms with Crippen molar-refractivity contribution >= 4 is 38.9 Å². The fraction of sp³-hybridized carbons (Fsp3) is 0.192. The minimum atomic E-state index is 0.191. The average Bonchev–Trinajstić information content (AvgIpc) is 3.64. The molecule has 0 amide bonds. The van der Waals surface area contributed by atoms with Crippen LogP contribution in [0.5, 0.6) is 0 Å². The molecule has 0 aliphatic heterocycles. The number of anilines is 1. The lowest BCUT2D eigenvalue weighted by atomic mass is 9.76. The molecule has 4 aromatic carbocycles. The Morgan fingerprint density at radius 2 is 1.41 bits per heavy atom. The second-order valence-electron chi connectivity index (χ2n) is 15.3. The van der Waals surface area contributed by atoms with Crippen molar-refractivity contribution < 1.29 is 4.42 Å². The van der Waals surface area contributed by atoms with Crippen molar-refractivity contribution in [2.24, 2.45) is 11.8 Å². The van der Waals surface area contributed by atoms with Crippen LogP contribution in [-0.4, -0.2) is 12.1 Å². The van der Waals surface area contributed by atoms with E-state index in [1.807, 2.05) is 0 Å². The Labute approximate surface area is 319 Å². The Bertz CT molecular complexity index is 2450. The number of para-hydroxylation sites is 2. The average molecular weight is 700 g/mol. The first-order valence-corrected chi connectivity index (χ1v) is 19.8. The zero-order valence-electron chi connectivity index (χ0n) is 30.7. The van der Waals surface area contributed by atoms with E-state index in [1.54, 1.807) is 0 Å². The normalized spacial score (nSPS) is 23.1. The fourth-order valence-corrected chi connectivity index (χ4v) is 9.42. The summed E-state index contributed by atoms with van der Waals surface area (Å²) >= 11 is 0. The van der Waals surface area contributed by atoms with Crippen LogP contribution in [0.2, 0.25) is 0 Å². The molecule has 1 aromatic heterocycles. The van der Waals surface area contributed by atoms with Crippen molar-refractivity contribution in [3.8, 4) is 0 Å². The second-order valence-corrected chi connectivity index (χ2v) is 15.3. The van der Waals surface area contributed by atoms with E-state index < -0.39 is 0 Å². The number of aryl methyl sites for hydroxylation is 1. The monoisotopic (exact) mass is 699 g/mol. The Balaban J connectivity index is 1.00. The zero-order chi connectivity index (χ0) is 35.8. The third kappa shape index (κ3) is 6.10. The minimum Gasteiger partial charge on any atom is -0.455 e. The van der Waals surface area contributed by atoms with Gasteiger partial charge in [-0.1, -0.05) is 164 Å². The summed E-state index contributed by atoms with van der Waals surface area (Å²) in [5.41, 5.74) is 13.9. The smallest absolute Gasteiger partial charge is 0.142 e. The number of nitrogens with zero attached hydrogens (tertiary/aromatic N) is 1. The summed E-state index contributed by atoms with van der Waals surface area (Å²) in [5, 5.41) is 1.27. The van der Waals surface area contributed by atoms with Crippen LogP contribution in [0.15, 0.2) is 186 Å². The van der Waals surface area contributed by atoms with Gasteiger partial charge in [-0.15, -0.1) is 0 Å². The van der Waals surface area contributed by atoms with Crippen molar-refractivity contribution in [1.29, 1.82) is 0 Å². The lowest BCUT2D eigenvalue weighted by Gasteiger charge is -2.43. The van der Waals surface area contributed by atoms with E-state index in [1.165, 1.54) is 61.2 Å². The highest BCUT2D eigenvalue weighted by atomic mass is 16.3. The Morgan fingerprint density at radius 3 is 2.20 bits per heavy atom. The number of hydrogen-bond donors (Lipinski definition) is 0. The molecule has 0 N–H and O–H groups in total. The van der Waals surface area contributed by atoms with Crippen molar-refractivity contribution in [3.63, 3.8) is 0 Å². The maximum Gasteiger partial charge on any atom is 0.142 e. The van der Waals surface area contributed by atoms with E-state index in [9.17, 15) is 0 Å². The van der Waals surface area contributed by atoms with Gasteiger partial charge in [-0.05, 0) is 90.0 Å². The second kappa shape index (κ2) is 14.2. The molecule has 5 aliphatic carbocycles.